The first kappa shape index (κ1) is 12.5. The van der Waals surface area contributed by atoms with Gasteiger partial charge in [-0.15, -0.1) is 0 Å². The van der Waals surface area contributed by atoms with Gasteiger partial charge in [0.05, 0.1) is 12.5 Å². The lowest BCUT2D eigenvalue weighted by atomic mass is 10.2. The number of hydrogen-bond donors (Lipinski definition) is 2. The monoisotopic (exact) mass is 214 g/mol. The van der Waals surface area contributed by atoms with Crippen LogP contribution in [0.2, 0.25) is 0 Å². The van der Waals surface area contributed by atoms with Crippen LogP contribution in [0, 0.1) is 0 Å². The van der Waals surface area contributed by atoms with Crippen LogP contribution in [0.3, 0.4) is 0 Å². The fourth-order valence-electron chi connectivity index (χ4n) is 1.77. The minimum Gasteiger partial charge on any atom is -0.378 e. The Balaban J connectivity index is 2.07. The van der Waals surface area contributed by atoms with E-state index in [0.717, 1.165) is 26.0 Å². The smallest absolute Gasteiger partial charge is 0.222 e. The van der Waals surface area contributed by atoms with Gasteiger partial charge in [0.25, 0.3) is 0 Å². The first-order valence-electron chi connectivity index (χ1n) is 5.84. The summed E-state index contributed by atoms with van der Waals surface area (Å²) in [4.78, 5) is 11.5. The highest BCUT2D eigenvalue weighted by Gasteiger charge is 2.18. The Morgan fingerprint density at radius 3 is 3.00 bits per heavy atom. The molecule has 0 saturated carbocycles. The van der Waals surface area contributed by atoms with Crippen LogP contribution in [0.1, 0.15) is 33.1 Å². The third-order valence-electron chi connectivity index (χ3n) is 2.60. The highest BCUT2D eigenvalue weighted by Crippen LogP contribution is 2.14. The first-order chi connectivity index (χ1) is 7.22. The van der Waals surface area contributed by atoms with Crippen LogP contribution in [0.25, 0.3) is 0 Å². The van der Waals surface area contributed by atoms with Crippen molar-refractivity contribution in [3.8, 4) is 0 Å². The van der Waals surface area contributed by atoms with E-state index in [4.69, 9.17) is 4.74 Å². The van der Waals surface area contributed by atoms with Crippen molar-refractivity contribution in [3.63, 3.8) is 0 Å². The van der Waals surface area contributed by atoms with E-state index in [0.29, 0.717) is 19.0 Å². The number of nitrogens with one attached hydrogen (secondary N) is 2. The zero-order chi connectivity index (χ0) is 11.1. The Bertz CT molecular complexity index is 191. The molecule has 0 radical (unpaired) electrons. The molecule has 0 spiro atoms. The largest absolute Gasteiger partial charge is 0.378 e. The summed E-state index contributed by atoms with van der Waals surface area (Å²) in [7, 11) is 0. The maximum Gasteiger partial charge on any atom is 0.222 e. The number of likely N-dealkylation sites (N-methyl/N-ethyl adjacent to an activating group) is 1. The molecule has 2 atom stereocenters. The van der Waals surface area contributed by atoms with Gasteiger partial charge in [0.2, 0.25) is 5.91 Å². The lowest BCUT2D eigenvalue weighted by Crippen LogP contribution is -2.39. The standard InChI is InChI=1S/C11H22N2O2/c1-3-12-9(2)8-13-11(14)7-10-5-4-6-15-10/h9-10,12H,3-8H2,1-2H3,(H,13,14)/t9-,10?/m1/s1. The molecular formula is C11H22N2O2. The van der Waals surface area contributed by atoms with Gasteiger partial charge in [-0.2, -0.15) is 0 Å². The topological polar surface area (TPSA) is 50.4 Å². The van der Waals surface area contributed by atoms with Crippen LogP contribution >= 0.6 is 0 Å². The van der Waals surface area contributed by atoms with Crippen LogP contribution in [0.5, 0.6) is 0 Å². The number of rotatable bonds is 6. The summed E-state index contributed by atoms with van der Waals surface area (Å²) < 4.78 is 5.40. The van der Waals surface area contributed by atoms with Gasteiger partial charge in [-0.1, -0.05) is 6.92 Å². The van der Waals surface area contributed by atoms with Crippen molar-refractivity contribution in [2.75, 3.05) is 19.7 Å². The van der Waals surface area contributed by atoms with Gasteiger partial charge in [-0.3, -0.25) is 4.79 Å². The van der Waals surface area contributed by atoms with E-state index in [1.807, 2.05) is 0 Å². The van der Waals surface area contributed by atoms with Crippen LogP contribution in [0.15, 0.2) is 0 Å². The number of carbonyl (C=O) groups is 1. The second-order valence-corrected chi connectivity index (χ2v) is 4.10. The maximum atomic E-state index is 11.5. The molecule has 88 valence electrons. The SMILES string of the molecule is CCN[C@H](C)CNC(=O)CC1CCCO1. The van der Waals surface area contributed by atoms with Crippen LogP contribution in [-0.2, 0) is 9.53 Å². The van der Waals surface area contributed by atoms with E-state index in [9.17, 15) is 4.79 Å². The number of amides is 1. The van der Waals surface area contributed by atoms with Crippen molar-refractivity contribution in [2.45, 2.75) is 45.3 Å². The Morgan fingerprint density at radius 2 is 2.40 bits per heavy atom. The average molecular weight is 214 g/mol. The van der Waals surface area contributed by atoms with Crippen LogP contribution < -0.4 is 10.6 Å². The molecule has 1 fully saturated rings. The molecule has 1 heterocycles. The molecule has 1 amide bonds. The third-order valence-corrected chi connectivity index (χ3v) is 2.60. The van der Waals surface area contributed by atoms with Crippen LogP contribution in [0.4, 0.5) is 0 Å². The molecular weight excluding hydrogens is 192 g/mol. The van der Waals surface area contributed by atoms with Crippen molar-refractivity contribution in [1.29, 1.82) is 0 Å². The summed E-state index contributed by atoms with van der Waals surface area (Å²) in [6.45, 7) is 6.56. The maximum absolute atomic E-state index is 11.5. The minimum absolute atomic E-state index is 0.103. The molecule has 15 heavy (non-hydrogen) atoms. The molecule has 0 aromatic carbocycles. The van der Waals surface area contributed by atoms with Gasteiger partial charge < -0.3 is 15.4 Å². The molecule has 1 saturated heterocycles. The van der Waals surface area contributed by atoms with E-state index < -0.39 is 0 Å². The summed E-state index contributed by atoms with van der Waals surface area (Å²) in [6.07, 6.45) is 2.78. The number of ether oxygens (including phenoxy) is 1. The van der Waals surface area contributed by atoms with Gasteiger partial charge in [-0.25, -0.2) is 0 Å². The Hall–Kier alpha value is -0.610. The van der Waals surface area contributed by atoms with Gasteiger partial charge in [0.1, 0.15) is 0 Å². The molecule has 1 aliphatic heterocycles. The minimum atomic E-state index is 0.103. The Kier molecular flexibility index (Phi) is 5.65. The summed E-state index contributed by atoms with van der Waals surface area (Å²) in [6, 6.07) is 0.337. The highest BCUT2D eigenvalue weighted by atomic mass is 16.5. The summed E-state index contributed by atoms with van der Waals surface area (Å²) in [5.41, 5.74) is 0. The lowest BCUT2D eigenvalue weighted by Gasteiger charge is -2.14. The predicted molar refractivity (Wildman–Crippen MR) is 59.7 cm³/mol. The predicted octanol–water partition coefficient (Wildman–Crippen LogP) is 0.670. The molecule has 0 aromatic heterocycles. The van der Waals surface area contributed by atoms with E-state index in [1.165, 1.54) is 0 Å². The van der Waals surface area contributed by atoms with Crippen molar-refractivity contribution < 1.29 is 9.53 Å². The van der Waals surface area contributed by atoms with Crippen molar-refractivity contribution >= 4 is 5.91 Å². The van der Waals surface area contributed by atoms with Crippen molar-refractivity contribution in [3.05, 3.63) is 0 Å². The summed E-state index contributed by atoms with van der Waals surface area (Å²) >= 11 is 0. The second kappa shape index (κ2) is 6.80. The molecule has 1 rings (SSSR count). The normalized spacial score (nSPS) is 22.7. The average Bonchev–Trinajstić information content (AvgIpc) is 2.68. The number of carbonyl (C=O) groups excluding carboxylic acids is 1. The van der Waals surface area contributed by atoms with E-state index in [-0.39, 0.29) is 12.0 Å². The molecule has 1 unspecified atom stereocenters. The molecule has 0 aliphatic carbocycles. The number of hydrogen-bond acceptors (Lipinski definition) is 3. The van der Waals surface area contributed by atoms with Gasteiger partial charge in [-0.05, 0) is 26.3 Å². The molecule has 2 N–H and O–H groups in total. The fourth-order valence-corrected chi connectivity index (χ4v) is 1.77. The van der Waals surface area contributed by atoms with Crippen molar-refractivity contribution in [1.82, 2.24) is 10.6 Å². The molecule has 4 heteroatoms. The quantitative estimate of drug-likeness (QED) is 0.683. The van der Waals surface area contributed by atoms with E-state index in [1.54, 1.807) is 0 Å². The van der Waals surface area contributed by atoms with Crippen molar-refractivity contribution in [2.24, 2.45) is 0 Å². The molecule has 1 aliphatic rings. The first-order valence-corrected chi connectivity index (χ1v) is 5.84. The van der Waals surface area contributed by atoms with E-state index in [2.05, 4.69) is 24.5 Å². The fraction of sp³-hybridized carbons (Fsp3) is 0.909. The molecule has 0 bridgehead atoms. The Morgan fingerprint density at radius 1 is 1.60 bits per heavy atom. The van der Waals surface area contributed by atoms with Gasteiger partial charge in [0.15, 0.2) is 0 Å². The molecule has 4 nitrogen and oxygen atoms in total. The summed E-state index contributed by atoms with van der Waals surface area (Å²) in [5.74, 6) is 0.103. The van der Waals surface area contributed by atoms with Gasteiger partial charge >= 0.3 is 0 Å². The lowest BCUT2D eigenvalue weighted by molar-refractivity contribution is -0.123. The van der Waals surface area contributed by atoms with Crippen LogP contribution in [-0.4, -0.2) is 37.7 Å². The Labute approximate surface area is 91.8 Å². The highest BCUT2D eigenvalue weighted by molar-refractivity contribution is 5.76. The third kappa shape index (κ3) is 5.14. The second-order valence-electron chi connectivity index (χ2n) is 4.10. The van der Waals surface area contributed by atoms with Gasteiger partial charge in [0, 0.05) is 19.2 Å². The zero-order valence-electron chi connectivity index (χ0n) is 9.71. The molecule has 0 aromatic rings. The summed E-state index contributed by atoms with van der Waals surface area (Å²) in [5, 5.41) is 6.16. The van der Waals surface area contributed by atoms with E-state index >= 15 is 0 Å². The zero-order valence-corrected chi connectivity index (χ0v) is 9.71.